The maximum Gasteiger partial charge on any atom is 0.240 e. The van der Waals surface area contributed by atoms with Gasteiger partial charge in [-0.2, -0.15) is 0 Å². The molecule has 1 aromatic heterocycles. The number of primary sulfonamides is 1. The summed E-state index contributed by atoms with van der Waals surface area (Å²) in [6.07, 6.45) is 0.623. The van der Waals surface area contributed by atoms with Crippen LogP contribution in [-0.4, -0.2) is 23.9 Å². The molecule has 0 spiro atoms. The highest BCUT2D eigenvalue weighted by Crippen LogP contribution is 2.18. The van der Waals surface area contributed by atoms with Crippen LogP contribution in [0.2, 0.25) is 0 Å². The third-order valence-electron chi connectivity index (χ3n) is 4.98. The summed E-state index contributed by atoms with van der Waals surface area (Å²) >= 11 is 0. The molecule has 0 unspecified atom stereocenters. The molecule has 0 atom stereocenters. The van der Waals surface area contributed by atoms with E-state index in [1.807, 2.05) is 59.2 Å². The van der Waals surface area contributed by atoms with Gasteiger partial charge < -0.3 is 9.88 Å². The van der Waals surface area contributed by atoms with Gasteiger partial charge in [0.05, 0.1) is 15.9 Å². The van der Waals surface area contributed by atoms with Gasteiger partial charge in [-0.1, -0.05) is 54.6 Å². The van der Waals surface area contributed by atoms with E-state index in [-0.39, 0.29) is 23.9 Å². The highest BCUT2D eigenvalue weighted by Gasteiger charge is 2.14. The van der Waals surface area contributed by atoms with Crippen molar-refractivity contribution in [2.45, 2.75) is 24.4 Å². The fraction of sp³-hybridized carbons (Fsp3) is 0.130. The first-order valence-corrected chi connectivity index (χ1v) is 11.3. The predicted octanol–water partition coefficient (Wildman–Crippen LogP) is 2.59. The normalized spacial score (nSPS) is 11.5. The Hall–Kier alpha value is -3.49. The number of nitrogens with two attached hydrogens (primary N) is 1. The van der Waals surface area contributed by atoms with Crippen LogP contribution < -0.4 is 10.5 Å². The molecule has 4 aromatic rings. The summed E-state index contributed by atoms with van der Waals surface area (Å²) < 4.78 is 24.6. The molecule has 0 aliphatic rings. The summed E-state index contributed by atoms with van der Waals surface area (Å²) in [5.41, 5.74) is 3.65. The predicted molar refractivity (Wildman–Crippen MR) is 119 cm³/mol. The van der Waals surface area contributed by atoms with Crippen LogP contribution in [0.25, 0.3) is 11.0 Å². The van der Waals surface area contributed by atoms with Crippen molar-refractivity contribution in [3.63, 3.8) is 0 Å². The number of nitrogens with zero attached hydrogens (tertiary/aromatic N) is 2. The minimum absolute atomic E-state index is 0.0398. The summed E-state index contributed by atoms with van der Waals surface area (Å²) in [5.74, 6) is 0.660. The van der Waals surface area contributed by atoms with Crippen molar-refractivity contribution in [2.24, 2.45) is 5.14 Å². The molecular weight excluding hydrogens is 412 g/mol. The number of sulfonamides is 1. The van der Waals surface area contributed by atoms with Crippen LogP contribution in [0.4, 0.5) is 0 Å². The standard InChI is InChI=1S/C23H22N4O3S/c24-31(29,30)19-12-10-18(11-13-19)15-25-23(28)16-27-21-9-5-4-8-20(21)26-22(27)14-17-6-2-1-3-7-17/h1-13H,14-16H2,(H,25,28)(H2,24,29,30). The van der Waals surface area contributed by atoms with Crippen LogP contribution in [0, 0.1) is 0 Å². The van der Waals surface area contributed by atoms with Crippen LogP contribution in [0.5, 0.6) is 0 Å². The van der Waals surface area contributed by atoms with E-state index in [1.165, 1.54) is 12.1 Å². The van der Waals surface area contributed by atoms with Gasteiger partial charge in [-0.25, -0.2) is 18.5 Å². The van der Waals surface area contributed by atoms with Crippen molar-refractivity contribution in [3.05, 3.63) is 95.8 Å². The number of hydrogen-bond donors (Lipinski definition) is 2. The topological polar surface area (TPSA) is 107 Å². The van der Waals surface area contributed by atoms with Crippen molar-refractivity contribution in [2.75, 3.05) is 0 Å². The molecule has 7 nitrogen and oxygen atoms in total. The fourth-order valence-corrected chi connectivity index (χ4v) is 3.93. The molecule has 158 valence electrons. The zero-order chi connectivity index (χ0) is 21.8. The lowest BCUT2D eigenvalue weighted by molar-refractivity contribution is -0.121. The van der Waals surface area contributed by atoms with Crippen molar-refractivity contribution < 1.29 is 13.2 Å². The number of fused-ring (bicyclic) bond motifs is 1. The summed E-state index contributed by atoms with van der Waals surface area (Å²) in [6.45, 7) is 0.419. The number of amides is 1. The molecule has 0 fully saturated rings. The molecule has 1 amide bonds. The van der Waals surface area contributed by atoms with Gasteiger partial charge in [-0.3, -0.25) is 4.79 Å². The lowest BCUT2D eigenvalue weighted by atomic mass is 10.1. The van der Waals surface area contributed by atoms with E-state index >= 15 is 0 Å². The third-order valence-corrected chi connectivity index (χ3v) is 5.91. The van der Waals surface area contributed by atoms with Gasteiger partial charge in [0.15, 0.2) is 0 Å². The second-order valence-corrected chi connectivity index (χ2v) is 8.79. The average Bonchev–Trinajstić information content (AvgIpc) is 3.09. The summed E-state index contributed by atoms with van der Waals surface area (Å²) in [4.78, 5) is 17.4. The molecule has 3 aromatic carbocycles. The van der Waals surface area contributed by atoms with Crippen LogP contribution in [0.15, 0.2) is 83.8 Å². The molecule has 0 radical (unpaired) electrons. The van der Waals surface area contributed by atoms with Crippen molar-refractivity contribution in [1.29, 1.82) is 0 Å². The number of benzene rings is 3. The number of rotatable bonds is 7. The number of nitrogens with one attached hydrogen (secondary N) is 1. The fourth-order valence-electron chi connectivity index (χ4n) is 3.41. The Bertz CT molecular complexity index is 1310. The minimum atomic E-state index is -3.73. The smallest absolute Gasteiger partial charge is 0.240 e. The first-order chi connectivity index (χ1) is 14.9. The quantitative estimate of drug-likeness (QED) is 0.466. The molecular formula is C23H22N4O3S. The second-order valence-electron chi connectivity index (χ2n) is 7.23. The van der Waals surface area contributed by atoms with Gasteiger partial charge in [-0.15, -0.1) is 0 Å². The highest BCUT2D eigenvalue weighted by molar-refractivity contribution is 7.89. The summed E-state index contributed by atoms with van der Waals surface area (Å²) in [6, 6.07) is 23.9. The van der Waals surface area contributed by atoms with E-state index in [4.69, 9.17) is 10.1 Å². The Kier molecular flexibility index (Phi) is 5.83. The summed E-state index contributed by atoms with van der Waals surface area (Å²) in [5, 5.41) is 8.00. The third kappa shape index (κ3) is 4.99. The van der Waals surface area contributed by atoms with Gasteiger partial charge in [0.1, 0.15) is 12.4 Å². The molecule has 3 N–H and O–H groups in total. The van der Waals surface area contributed by atoms with Gasteiger partial charge >= 0.3 is 0 Å². The van der Waals surface area contributed by atoms with Crippen LogP contribution in [0.1, 0.15) is 17.0 Å². The number of aromatic nitrogens is 2. The highest BCUT2D eigenvalue weighted by atomic mass is 32.2. The maximum atomic E-state index is 12.7. The van der Waals surface area contributed by atoms with E-state index in [1.54, 1.807) is 12.1 Å². The van der Waals surface area contributed by atoms with E-state index in [2.05, 4.69) is 5.32 Å². The summed E-state index contributed by atoms with van der Waals surface area (Å²) in [7, 11) is -3.73. The van der Waals surface area contributed by atoms with E-state index < -0.39 is 10.0 Å². The van der Waals surface area contributed by atoms with Gasteiger partial charge in [0, 0.05) is 13.0 Å². The van der Waals surface area contributed by atoms with Crippen molar-refractivity contribution >= 4 is 27.0 Å². The van der Waals surface area contributed by atoms with Gasteiger partial charge in [0.25, 0.3) is 0 Å². The Balaban J connectivity index is 1.49. The Labute approximate surface area is 180 Å². The lowest BCUT2D eigenvalue weighted by Crippen LogP contribution is -2.27. The lowest BCUT2D eigenvalue weighted by Gasteiger charge is -2.11. The Morgan fingerprint density at radius 2 is 1.58 bits per heavy atom. The van der Waals surface area contributed by atoms with E-state index in [9.17, 15) is 13.2 Å². The van der Waals surface area contributed by atoms with Gasteiger partial charge in [-0.05, 0) is 35.4 Å². The second kappa shape index (κ2) is 8.71. The van der Waals surface area contributed by atoms with Crippen molar-refractivity contribution in [1.82, 2.24) is 14.9 Å². The first-order valence-electron chi connectivity index (χ1n) is 9.77. The zero-order valence-electron chi connectivity index (χ0n) is 16.7. The van der Waals surface area contributed by atoms with Crippen LogP contribution >= 0.6 is 0 Å². The first kappa shape index (κ1) is 20.8. The van der Waals surface area contributed by atoms with E-state index in [0.717, 1.165) is 28.0 Å². The maximum absolute atomic E-state index is 12.7. The van der Waals surface area contributed by atoms with E-state index in [0.29, 0.717) is 6.42 Å². The molecule has 8 heteroatoms. The number of para-hydroxylation sites is 2. The molecule has 0 aliphatic carbocycles. The zero-order valence-corrected chi connectivity index (χ0v) is 17.5. The minimum Gasteiger partial charge on any atom is -0.350 e. The largest absolute Gasteiger partial charge is 0.350 e. The molecule has 0 aliphatic heterocycles. The molecule has 31 heavy (non-hydrogen) atoms. The Morgan fingerprint density at radius 1 is 0.903 bits per heavy atom. The number of imidazole rings is 1. The van der Waals surface area contributed by atoms with Crippen LogP contribution in [-0.2, 0) is 34.3 Å². The molecule has 1 heterocycles. The molecule has 4 rings (SSSR count). The van der Waals surface area contributed by atoms with Gasteiger partial charge in [0.2, 0.25) is 15.9 Å². The monoisotopic (exact) mass is 434 g/mol. The van der Waals surface area contributed by atoms with Crippen LogP contribution in [0.3, 0.4) is 0 Å². The molecule has 0 saturated heterocycles. The average molecular weight is 435 g/mol. The number of carbonyl (C=O) groups is 1. The SMILES string of the molecule is NS(=O)(=O)c1ccc(CNC(=O)Cn2c(Cc3ccccc3)nc3ccccc32)cc1. The Morgan fingerprint density at radius 3 is 2.29 bits per heavy atom. The molecule has 0 saturated carbocycles. The number of carbonyl (C=O) groups excluding carboxylic acids is 1. The number of hydrogen-bond acceptors (Lipinski definition) is 4. The van der Waals surface area contributed by atoms with Crippen molar-refractivity contribution in [3.8, 4) is 0 Å². The molecule has 0 bridgehead atoms.